The van der Waals surface area contributed by atoms with Crippen LogP contribution in [0, 0.1) is 6.92 Å². The number of hydrogen-bond acceptors (Lipinski definition) is 4. The summed E-state index contributed by atoms with van der Waals surface area (Å²) in [6, 6.07) is 1.79. The van der Waals surface area contributed by atoms with Crippen LogP contribution in [0.4, 0.5) is 0 Å². The zero-order valence-electron chi connectivity index (χ0n) is 11.5. The Labute approximate surface area is 110 Å². The molecule has 2 atom stereocenters. The Hall–Kier alpha value is -0.940. The largest absolute Gasteiger partial charge is 0.309 e. The molecule has 0 bridgehead atoms. The lowest BCUT2D eigenvalue weighted by Crippen LogP contribution is -2.35. The molecule has 1 heterocycles. The standard InChI is InChI=1S/C13H22N2O2S/c1-5-6-15-13(11(3)18(4,16)17)12-7-10(2)8-14-9-12/h7-9,11,13,15H,5-6H2,1-4H3. The van der Waals surface area contributed by atoms with Crippen LogP contribution in [0.5, 0.6) is 0 Å². The summed E-state index contributed by atoms with van der Waals surface area (Å²) >= 11 is 0. The summed E-state index contributed by atoms with van der Waals surface area (Å²) in [5.74, 6) is 0. The highest BCUT2D eigenvalue weighted by Gasteiger charge is 2.27. The molecule has 0 saturated heterocycles. The van der Waals surface area contributed by atoms with E-state index in [-0.39, 0.29) is 6.04 Å². The first-order valence-corrected chi connectivity index (χ1v) is 8.15. The molecule has 18 heavy (non-hydrogen) atoms. The number of pyridine rings is 1. The topological polar surface area (TPSA) is 59.1 Å². The maximum atomic E-state index is 11.7. The van der Waals surface area contributed by atoms with Crippen LogP contribution in [0.15, 0.2) is 18.5 Å². The lowest BCUT2D eigenvalue weighted by Gasteiger charge is -2.24. The van der Waals surface area contributed by atoms with E-state index < -0.39 is 15.1 Å². The number of aromatic nitrogens is 1. The first kappa shape index (κ1) is 15.1. The predicted octanol–water partition coefficient (Wildman–Crippen LogP) is 1.86. The van der Waals surface area contributed by atoms with E-state index >= 15 is 0 Å². The lowest BCUT2D eigenvalue weighted by atomic mass is 10.0. The highest BCUT2D eigenvalue weighted by molar-refractivity contribution is 7.91. The molecule has 5 heteroatoms. The summed E-state index contributed by atoms with van der Waals surface area (Å²) in [6.07, 6.45) is 5.75. The molecule has 1 N–H and O–H groups in total. The van der Waals surface area contributed by atoms with Gasteiger partial charge in [-0.25, -0.2) is 8.42 Å². The minimum Gasteiger partial charge on any atom is -0.309 e. The highest BCUT2D eigenvalue weighted by atomic mass is 32.2. The van der Waals surface area contributed by atoms with Crippen molar-refractivity contribution in [2.45, 2.75) is 38.5 Å². The van der Waals surface area contributed by atoms with E-state index in [1.807, 2.05) is 13.0 Å². The summed E-state index contributed by atoms with van der Waals surface area (Å²) in [5, 5.41) is 2.83. The van der Waals surface area contributed by atoms with Gasteiger partial charge < -0.3 is 5.32 Å². The SMILES string of the molecule is CCCNC(c1cncc(C)c1)C(C)S(C)(=O)=O. The molecule has 1 rings (SSSR count). The summed E-state index contributed by atoms with van der Waals surface area (Å²) < 4.78 is 23.5. The van der Waals surface area contributed by atoms with Gasteiger partial charge in [0.2, 0.25) is 0 Å². The number of sulfone groups is 1. The fourth-order valence-corrected chi connectivity index (χ4v) is 2.60. The second-order valence-corrected chi connectivity index (χ2v) is 7.16. The average Bonchev–Trinajstić information content (AvgIpc) is 2.28. The Bertz CT molecular complexity index is 486. The molecule has 0 spiro atoms. The number of aryl methyl sites for hydroxylation is 1. The second-order valence-electron chi connectivity index (χ2n) is 4.76. The van der Waals surface area contributed by atoms with E-state index in [9.17, 15) is 8.42 Å². The number of rotatable bonds is 6. The first-order valence-electron chi connectivity index (χ1n) is 6.20. The van der Waals surface area contributed by atoms with Crippen molar-refractivity contribution in [3.63, 3.8) is 0 Å². The van der Waals surface area contributed by atoms with Crippen molar-refractivity contribution in [2.24, 2.45) is 0 Å². The van der Waals surface area contributed by atoms with Crippen LogP contribution < -0.4 is 5.32 Å². The number of nitrogens with zero attached hydrogens (tertiary/aromatic N) is 1. The molecular formula is C13H22N2O2S. The fourth-order valence-electron chi connectivity index (χ4n) is 1.85. The Morgan fingerprint density at radius 1 is 1.39 bits per heavy atom. The molecule has 102 valence electrons. The second kappa shape index (κ2) is 6.29. The summed E-state index contributed by atoms with van der Waals surface area (Å²) in [4.78, 5) is 4.14. The molecule has 0 radical (unpaired) electrons. The van der Waals surface area contributed by atoms with E-state index in [1.165, 1.54) is 6.26 Å². The van der Waals surface area contributed by atoms with Crippen LogP contribution in [0.2, 0.25) is 0 Å². The van der Waals surface area contributed by atoms with Crippen LogP contribution in [0.3, 0.4) is 0 Å². The third kappa shape index (κ3) is 4.07. The molecule has 1 aromatic rings. The average molecular weight is 270 g/mol. The number of hydrogen-bond donors (Lipinski definition) is 1. The van der Waals surface area contributed by atoms with E-state index in [4.69, 9.17) is 0 Å². The van der Waals surface area contributed by atoms with Gasteiger partial charge in [0.25, 0.3) is 0 Å². The Morgan fingerprint density at radius 3 is 2.56 bits per heavy atom. The molecule has 4 nitrogen and oxygen atoms in total. The van der Waals surface area contributed by atoms with Crippen LogP contribution >= 0.6 is 0 Å². The normalized spacial score (nSPS) is 15.3. The van der Waals surface area contributed by atoms with E-state index in [0.29, 0.717) is 0 Å². The highest BCUT2D eigenvalue weighted by Crippen LogP contribution is 2.21. The molecule has 0 amide bonds. The first-order chi connectivity index (χ1) is 8.36. The third-order valence-corrected chi connectivity index (χ3v) is 4.64. The van der Waals surface area contributed by atoms with E-state index in [0.717, 1.165) is 24.1 Å². The van der Waals surface area contributed by atoms with Crippen molar-refractivity contribution in [2.75, 3.05) is 12.8 Å². The minimum absolute atomic E-state index is 0.202. The third-order valence-electron chi connectivity index (χ3n) is 3.01. The summed E-state index contributed by atoms with van der Waals surface area (Å²) in [6.45, 7) is 6.55. The van der Waals surface area contributed by atoms with Gasteiger partial charge in [-0.15, -0.1) is 0 Å². The zero-order chi connectivity index (χ0) is 13.8. The minimum atomic E-state index is -3.08. The molecule has 0 aliphatic rings. The van der Waals surface area contributed by atoms with Crippen molar-refractivity contribution in [3.05, 3.63) is 29.6 Å². The molecule has 0 fully saturated rings. The van der Waals surface area contributed by atoms with Gasteiger partial charge in [0.15, 0.2) is 9.84 Å². The van der Waals surface area contributed by atoms with Crippen molar-refractivity contribution < 1.29 is 8.42 Å². The fraction of sp³-hybridized carbons (Fsp3) is 0.615. The summed E-state index contributed by atoms with van der Waals surface area (Å²) in [7, 11) is -3.08. The quantitative estimate of drug-likeness (QED) is 0.857. The molecular weight excluding hydrogens is 248 g/mol. The molecule has 0 saturated carbocycles. The van der Waals surface area contributed by atoms with Crippen LogP contribution in [0.1, 0.15) is 37.4 Å². The van der Waals surface area contributed by atoms with Crippen molar-refractivity contribution in [1.82, 2.24) is 10.3 Å². The van der Waals surface area contributed by atoms with Crippen molar-refractivity contribution >= 4 is 9.84 Å². The van der Waals surface area contributed by atoms with Crippen molar-refractivity contribution in [1.29, 1.82) is 0 Å². The predicted molar refractivity (Wildman–Crippen MR) is 74.3 cm³/mol. The van der Waals surface area contributed by atoms with Crippen LogP contribution in [-0.2, 0) is 9.84 Å². The van der Waals surface area contributed by atoms with E-state index in [2.05, 4.69) is 17.2 Å². The van der Waals surface area contributed by atoms with Crippen molar-refractivity contribution in [3.8, 4) is 0 Å². The molecule has 0 aromatic carbocycles. The molecule has 2 unspecified atom stereocenters. The van der Waals surface area contributed by atoms with Gasteiger partial charge in [0.05, 0.1) is 11.3 Å². The smallest absolute Gasteiger partial charge is 0.151 e. The van der Waals surface area contributed by atoms with Gasteiger partial charge in [-0.2, -0.15) is 0 Å². The van der Waals surface area contributed by atoms with Gasteiger partial charge in [-0.1, -0.05) is 13.0 Å². The Balaban J connectivity index is 3.05. The van der Waals surface area contributed by atoms with Crippen LogP contribution in [0.25, 0.3) is 0 Å². The number of nitrogens with one attached hydrogen (secondary N) is 1. The van der Waals surface area contributed by atoms with Gasteiger partial charge in [0.1, 0.15) is 0 Å². The van der Waals surface area contributed by atoms with Gasteiger partial charge >= 0.3 is 0 Å². The monoisotopic (exact) mass is 270 g/mol. The summed E-state index contributed by atoms with van der Waals surface area (Å²) in [5.41, 5.74) is 1.97. The molecule has 0 aliphatic heterocycles. The lowest BCUT2D eigenvalue weighted by molar-refractivity contribution is 0.499. The Morgan fingerprint density at radius 2 is 2.06 bits per heavy atom. The molecule has 0 aliphatic carbocycles. The van der Waals surface area contributed by atoms with Gasteiger partial charge in [0, 0.05) is 18.6 Å². The maximum Gasteiger partial charge on any atom is 0.151 e. The zero-order valence-corrected chi connectivity index (χ0v) is 12.3. The Kier molecular flexibility index (Phi) is 5.28. The van der Waals surface area contributed by atoms with Gasteiger partial charge in [-0.3, -0.25) is 4.98 Å². The van der Waals surface area contributed by atoms with Gasteiger partial charge in [-0.05, 0) is 37.9 Å². The van der Waals surface area contributed by atoms with Crippen LogP contribution in [-0.4, -0.2) is 31.5 Å². The van der Waals surface area contributed by atoms with E-state index in [1.54, 1.807) is 19.3 Å². The maximum absolute atomic E-state index is 11.7. The molecule has 1 aromatic heterocycles.